The van der Waals surface area contributed by atoms with Gasteiger partial charge in [-0.15, -0.1) is 0 Å². The van der Waals surface area contributed by atoms with Crippen LogP contribution in [0.4, 0.5) is 10.5 Å². The number of anilines is 1. The van der Waals surface area contributed by atoms with Crippen LogP contribution >= 0.6 is 8.46 Å². The van der Waals surface area contributed by atoms with Crippen LogP contribution in [0.2, 0.25) is 0 Å². The van der Waals surface area contributed by atoms with Gasteiger partial charge in [-0.3, -0.25) is 14.4 Å². The lowest BCUT2D eigenvalue weighted by Gasteiger charge is -2.28. The van der Waals surface area contributed by atoms with Gasteiger partial charge >= 0.3 is 6.09 Å². The molecule has 0 atom stereocenters. The number of pyridine rings is 1. The van der Waals surface area contributed by atoms with E-state index in [-0.39, 0.29) is 15.0 Å². The maximum atomic E-state index is 13.4. The van der Waals surface area contributed by atoms with Crippen LogP contribution in [0.5, 0.6) is 5.75 Å². The Morgan fingerprint density at radius 1 is 1.03 bits per heavy atom. The number of rotatable bonds is 7. The van der Waals surface area contributed by atoms with Gasteiger partial charge in [0.05, 0.1) is 25.5 Å². The van der Waals surface area contributed by atoms with Crippen molar-refractivity contribution in [1.29, 1.82) is 0 Å². The summed E-state index contributed by atoms with van der Waals surface area (Å²) in [5.41, 5.74) is 6.65. The molecular formula is C28H33N2O4P. The Bertz CT molecular complexity index is 1220. The first-order valence-corrected chi connectivity index (χ1v) is 12.5. The topological polar surface area (TPSA) is 68.7 Å². The zero-order valence-electron chi connectivity index (χ0n) is 21.5. The summed E-state index contributed by atoms with van der Waals surface area (Å²) in [6.07, 6.45) is 1.80. The molecule has 3 rings (SSSR count). The van der Waals surface area contributed by atoms with Crippen molar-refractivity contribution in [3.63, 3.8) is 0 Å². The van der Waals surface area contributed by atoms with Gasteiger partial charge in [-0.1, -0.05) is 30.3 Å². The second-order valence-electron chi connectivity index (χ2n) is 9.65. The van der Waals surface area contributed by atoms with Crippen LogP contribution in [0, 0.1) is 20.8 Å². The number of benzene rings is 2. The second-order valence-corrected chi connectivity index (χ2v) is 10.2. The average Bonchev–Trinajstić information content (AvgIpc) is 2.78. The third kappa shape index (κ3) is 6.67. The Kier molecular flexibility index (Phi) is 8.29. The standard InChI is InChI=1S/C28H33N2O4P/c1-18-12-23(22-10-8-21(9-11-22)17-35-32)14-24(13-18)30(27(31)34-28(4,5)6)16-25-20(3)26(33-7)19(2)15-29-25/h8-15H,16-17H2,1-7H3. The lowest BCUT2D eigenvalue weighted by Crippen LogP contribution is -2.37. The van der Waals surface area contributed by atoms with Crippen LogP contribution in [0.1, 0.15) is 48.7 Å². The molecule has 35 heavy (non-hydrogen) atoms. The zero-order valence-corrected chi connectivity index (χ0v) is 22.4. The molecule has 1 amide bonds. The van der Waals surface area contributed by atoms with E-state index in [0.717, 1.165) is 50.5 Å². The van der Waals surface area contributed by atoms with Gasteiger partial charge in [-0.25, -0.2) is 4.79 Å². The highest BCUT2D eigenvalue weighted by molar-refractivity contribution is 7.22. The minimum atomic E-state index is -0.647. The Morgan fingerprint density at radius 3 is 2.31 bits per heavy atom. The number of amides is 1. The van der Waals surface area contributed by atoms with Crippen LogP contribution < -0.4 is 9.64 Å². The monoisotopic (exact) mass is 492 g/mol. The van der Waals surface area contributed by atoms with Crippen molar-refractivity contribution in [3.05, 3.63) is 76.6 Å². The van der Waals surface area contributed by atoms with E-state index in [1.54, 1.807) is 18.2 Å². The Hall–Kier alpha value is -3.24. The van der Waals surface area contributed by atoms with Crippen LogP contribution in [0.15, 0.2) is 48.7 Å². The minimum Gasteiger partial charge on any atom is -0.496 e. The Morgan fingerprint density at radius 2 is 1.71 bits per heavy atom. The number of carbonyl (C=O) groups is 1. The fraction of sp³-hybridized carbons (Fsp3) is 0.357. The molecule has 3 aromatic rings. The van der Waals surface area contributed by atoms with Crippen molar-refractivity contribution in [3.8, 4) is 16.9 Å². The van der Waals surface area contributed by atoms with E-state index in [4.69, 9.17) is 9.47 Å². The van der Waals surface area contributed by atoms with Crippen molar-refractivity contribution in [2.45, 2.75) is 59.9 Å². The number of hydrogen-bond acceptors (Lipinski definition) is 5. The fourth-order valence-corrected chi connectivity index (χ4v) is 4.28. The third-order valence-corrected chi connectivity index (χ3v) is 6.07. The molecule has 0 spiro atoms. The molecule has 2 aromatic carbocycles. The summed E-state index contributed by atoms with van der Waals surface area (Å²) < 4.78 is 22.3. The van der Waals surface area contributed by atoms with Crippen LogP contribution in [0.25, 0.3) is 11.1 Å². The molecule has 6 nitrogen and oxygen atoms in total. The molecule has 0 bridgehead atoms. The van der Waals surface area contributed by atoms with Gasteiger partial charge < -0.3 is 9.47 Å². The highest BCUT2D eigenvalue weighted by Gasteiger charge is 2.26. The van der Waals surface area contributed by atoms with Gasteiger partial charge in [0.15, 0.2) is 8.46 Å². The third-order valence-electron chi connectivity index (χ3n) is 5.58. The summed E-state index contributed by atoms with van der Waals surface area (Å²) in [4.78, 5) is 19.6. The average molecular weight is 493 g/mol. The first-order chi connectivity index (χ1) is 16.5. The molecule has 0 saturated heterocycles. The van der Waals surface area contributed by atoms with Crippen molar-refractivity contribution < 1.29 is 18.8 Å². The Balaban J connectivity index is 2.06. The molecule has 0 aliphatic rings. The molecule has 1 heterocycles. The molecule has 184 valence electrons. The molecule has 0 saturated carbocycles. The van der Waals surface area contributed by atoms with E-state index in [9.17, 15) is 9.36 Å². The first-order valence-electron chi connectivity index (χ1n) is 11.5. The van der Waals surface area contributed by atoms with E-state index in [0.29, 0.717) is 6.16 Å². The number of aryl methyl sites for hydroxylation is 2. The summed E-state index contributed by atoms with van der Waals surface area (Å²) in [5.74, 6) is 0.765. The molecule has 0 unspecified atom stereocenters. The number of hydrogen-bond donors (Lipinski definition) is 0. The van der Waals surface area contributed by atoms with Crippen molar-refractivity contribution in [2.24, 2.45) is 0 Å². The largest absolute Gasteiger partial charge is 0.496 e. The van der Waals surface area contributed by atoms with E-state index < -0.39 is 11.7 Å². The summed E-state index contributed by atoms with van der Waals surface area (Å²) in [7, 11) is 1.74. The summed E-state index contributed by atoms with van der Waals surface area (Å²) in [6.45, 7) is 11.7. The normalized spacial score (nSPS) is 11.4. The van der Waals surface area contributed by atoms with E-state index >= 15 is 0 Å². The van der Waals surface area contributed by atoms with E-state index in [1.807, 2.05) is 77.9 Å². The number of aromatic nitrogens is 1. The Labute approximate surface area is 209 Å². The SMILES string of the molecule is COc1c(C)cnc(CN(C(=O)OC(C)(C)C)c2cc(C)cc(-c3ccc(CP=O)cc3)c2)c1C. The van der Waals surface area contributed by atoms with E-state index in [2.05, 4.69) is 11.1 Å². The van der Waals surface area contributed by atoms with Gasteiger partial charge in [-0.2, -0.15) is 0 Å². The summed E-state index contributed by atoms with van der Waals surface area (Å²) >= 11 is 0. The van der Waals surface area contributed by atoms with Crippen LogP contribution in [-0.2, 0) is 22.0 Å². The van der Waals surface area contributed by atoms with Gasteiger partial charge in [-0.05, 0) is 75.9 Å². The van der Waals surface area contributed by atoms with Crippen molar-refractivity contribution in [2.75, 3.05) is 12.0 Å². The van der Waals surface area contributed by atoms with Gasteiger partial charge in [0.1, 0.15) is 11.4 Å². The smallest absolute Gasteiger partial charge is 0.415 e. The molecule has 0 aliphatic carbocycles. The number of methoxy groups -OCH3 is 1. The van der Waals surface area contributed by atoms with Crippen molar-refractivity contribution >= 4 is 20.2 Å². The highest BCUT2D eigenvalue weighted by atomic mass is 31.1. The maximum absolute atomic E-state index is 13.4. The maximum Gasteiger partial charge on any atom is 0.415 e. The quantitative estimate of drug-likeness (QED) is 0.321. The molecular weight excluding hydrogens is 459 g/mol. The van der Waals surface area contributed by atoms with Gasteiger partial charge in [0, 0.05) is 23.0 Å². The molecule has 7 heteroatoms. The molecule has 0 N–H and O–H groups in total. The molecule has 0 radical (unpaired) electrons. The van der Waals surface area contributed by atoms with Crippen LogP contribution in [-0.4, -0.2) is 23.8 Å². The van der Waals surface area contributed by atoms with Gasteiger partial charge in [0.25, 0.3) is 0 Å². The number of carbonyl (C=O) groups excluding carboxylic acids is 1. The number of ether oxygens (including phenoxy) is 2. The minimum absolute atomic E-state index is 0.0991. The zero-order chi connectivity index (χ0) is 25.8. The molecule has 0 aliphatic heterocycles. The predicted molar refractivity (Wildman–Crippen MR) is 141 cm³/mol. The lowest BCUT2D eigenvalue weighted by molar-refractivity contribution is 0.0577. The highest BCUT2D eigenvalue weighted by Crippen LogP contribution is 2.31. The first kappa shape index (κ1) is 26.4. The predicted octanol–water partition coefficient (Wildman–Crippen LogP) is 7.42. The summed E-state index contributed by atoms with van der Waals surface area (Å²) in [5, 5.41) is 0. The summed E-state index contributed by atoms with van der Waals surface area (Å²) in [6, 6.07) is 14.0. The fourth-order valence-electron chi connectivity index (χ4n) is 3.92. The van der Waals surface area contributed by atoms with E-state index in [1.165, 1.54) is 0 Å². The van der Waals surface area contributed by atoms with Crippen molar-refractivity contribution in [1.82, 2.24) is 4.98 Å². The van der Waals surface area contributed by atoms with Crippen LogP contribution in [0.3, 0.4) is 0 Å². The number of nitrogens with zero attached hydrogens (tertiary/aromatic N) is 2. The van der Waals surface area contributed by atoms with Gasteiger partial charge in [0.2, 0.25) is 0 Å². The lowest BCUT2D eigenvalue weighted by atomic mass is 10.0. The molecule has 0 fully saturated rings. The molecule has 1 aromatic heterocycles. The second kappa shape index (κ2) is 11.0.